The summed E-state index contributed by atoms with van der Waals surface area (Å²) in [5, 5.41) is 39.6. The molecule has 14 nitrogen and oxygen atoms in total. The van der Waals surface area contributed by atoms with Gasteiger partial charge in [0.2, 0.25) is 5.91 Å². The second kappa shape index (κ2) is 16.0. The Balaban J connectivity index is 0.000000456. The molecule has 0 bridgehead atoms. The van der Waals surface area contributed by atoms with Gasteiger partial charge in [-0.3, -0.25) is 9.59 Å². The summed E-state index contributed by atoms with van der Waals surface area (Å²) in [5.41, 5.74) is 1.63. The number of imidazole rings is 1. The zero-order valence-corrected chi connectivity index (χ0v) is 24.4. The number of halogens is 2. The van der Waals surface area contributed by atoms with Crippen LogP contribution in [0.15, 0.2) is 41.1 Å². The molecule has 238 valence electrons. The van der Waals surface area contributed by atoms with Gasteiger partial charge in [0.25, 0.3) is 0 Å². The number of Topliss-reactive ketones (excluding diaryl/α,β-unsaturated/α-hetero) is 1. The van der Waals surface area contributed by atoms with Crippen LogP contribution < -0.4 is 5.32 Å². The first-order chi connectivity index (χ1) is 20.9. The van der Waals surface area contributed by atoms with E-state index in [-0.39, 0.29) is 34.6 Å². The first kappa shape index (κ1) is 34.3. The number of benzene rings is 1. The molecule has 16 heteroatoms. The van der Waals surface area contributed by atoms with Crippen molar-refractivity contribution in [3.63, 3.8) is 0 Å². The molecule has 1 aliphatic heterocycles. The fraction of sp³-hybridized carbons (Fsp3) is 0.429. The number of carbonyl (C=O) groups excluding carboxylic acids is 2. The number of carbonyl (C=O) groups is 4. The van der Waals surface area contributed by atoms with Crippen LogP contribution in [0.2, 0.25) is 5.15 Å². The molecule has 6 N–H and O–H groups in total. The molecule has 0 saturated carbocycles. The summed E-state index contributed by atoms with van der Waals surface area (Å²) in [6.07, 6.45) is 0.176. The third-order valence-corrected chi connectivity index (χ3v) is 7.09. The second-order valence-corrected chi connectivity index (χ2v) is 10.6. The van der Waals surface area contributed by atoms with E-state index in [1.54, 1.807) is 18.2 Å². The Morgan fingerprint density at radius 1 is 1.07 bits per heavy atom. The Morgan fingerprint density at radius 3 is 2.25 bits per heavy atom. The molecule has 4 rings (SSSR count). The van der Waals surface area contributed by atoms with E-state index in [4.69, 9.17) is 36.6 Å². The minimum atomic E-state index is -2.27. The number of hydrogen-bond donors (Lipinski definition) is 6. The molecule has 0 spiro atoms. The summed E-state index contributed by atoms with van der Waals surface area (Å²) >= 11 is 6.38. The van der Waals surface area contributed by atoms with Gasteiger partial charge in [-0.15, -0.1) is 0 Å². The number of aliphatic hydroxyl groups excluding tert-OH is 2. The lowest BCUT2D eigenvalue weighted by Crippen LogP contribution is -2.52. The molecule has 2 unspecified atom stereocenters. The number of carboxylic acids is 2. The lowest BCUT2D eigenvalue weighted by atomic mass is 9.98. The number of carboxylic acid groups (broad SMARTS) is 2. The van der Waals surface area contributed by atoms with E-state index in [1.807, 2.05) is 7.05 Å². The van der Waals surface area contributed by atoms with Crippen molar-refractivity contribution in [1.82, 2.24) is 25.3 Å². The maximum atomic E-state index is 13.3. The molecule has 2 aromatic heterocycles. The van der Waals surface area contributed by atoms with Crippen LogP contribution in [0.3, 0.4) is 0 Å². The fourth-order valence-electron chi connectivity index (χ4n) is 4.34. The number of amides is 1. The smallest absolute Gasteiger partial charge is 0.335 e. The highest BCUT2D eigenvalue weighted by atomic mass is 35.5. The number of unbranched alkanes of at least 4 members (excludes halogenated alkanes) is 2. The highest BCUT2D eigenvalue weighted by Crippen LogP contribution is 2.29. The van der Waals surface area contributed by atoms with E-state index in [1.165, 1.54) is 18.4 Å². The highest BCUT2D eigenvalue weighted by Gasteiger charge is 2.32. The number of aromatic amines is 1. The Bertz CT molecular complexity index is 1390. The quantitative estimate of drug-likeness (QED) is 0.111. The molecule has 3 heterocycles. The summed E-state index contributed by atoms with van der Waals surface area (Å²) < 4.78 is 18.0. The van der Waals surface area contributed by atoms with Crippen LogP contribution in [0.25, 0.3) is 11.3 Å². The van der Waals surface area contributed by atoms with Gasteiger partial charge in [-0.2, -0.15) is 0 Å². The van der Waals surface area contributed by atoms with Gasteiger partial charge in [-0.05, 0) is 44.2 Å². The number of hydrogen-bond acceptors (Lipinski definition) is 10. The average molecular weight is 638 g/mol. The topological polar surface area (TPSA) is 219 Å². The molecule has 1 amide bonds. The summed E-state index contributed by atoms with van der Waals surface area (Å²) in [7, 11) is 1.98. The first-order valence-corrected chi connectivity index (χ1v) is 14.0. The second-order valence-electron chi connectivity index (χ2n) is 10.2. The molecule has 1 fully saturated rings. The van der Waals surface area contributed by atoms with Gasteiger partial charge in [-0.25, -0.2) is 19.0 Å². The van der Waals surface area contributed by atoms with Crippen molar-refractivity contribution in [2.75, 3.05) is 20.1 Å². The molecule has 0 aliphatic carbocycles. The number of nitrogens with one attached hydrogen (secondary N) is 2. The number of nitrogens with zero attached hydrogens (tertiary/aromatic N) is 3. The molecule has 3 aromatic rings. The van der Waals surface area contributed by atoms with Crippen LogP contribution >= 0.6 is 11.6 Å². The SMILES string of the molecule is CN1CC(C(=O)N[C@@H](CCCCCC(=O)c2ccon2)c2nc(Cl)c(-c3ccc(F)cc3)[nH]2)C1.O=C(O)C(O)C(O)C(=O)O. The third kappa shape index (κ3) is 9.67. The maximum absolute atomic E-state index is 13.3. The third-order valence-electron chi connectivity index (χ3n) is 6.82. The summed E-state index contributed by atoms with van der Waals surface area (Å²) in [4.78, 5) is 54.1. The van der Waals surface area contributed by atoms with Crippen LogP contribution in [-0.4, -0.2) is 96.4 Å². The van der Waals surface area contributed by atoms with Gasteiger partial charge in [0.15, 0.2) is 23.1 Å². The van der Waals surface area contributed by atoms with Crippen LogP contribution in [0.5, 0.6) is 0 Å². The normalized spacial score (nSPS) is 15.3. The Kier molecular flexibility index (Phi) is 12.5. The molecule has 3 atom stereocenters. The largest absolute Gasteiger partial charge is 0.479 e. The zero-order chi connectivity index (χ0) is 32.4. The molecule has 1 aromatic carbocycles. The number of rotatable bonds is 14. The number of likely N-dealkylation sites (tertiary alicyclic amines) is 1. The number of aliphatic hydroxyl groups is 2. The van der Waals surface area contributed by atoms with E-state index in [0.29, 0.717) is 42.0 Å². The van der Waals surface area contributed by atoms with Crippen molar-refractivity contribution in [1.29, 1.82) is 0 Å². The standard InChI is InChI=1S/C24H27ClFN5O3.C4H6O6/c1-31-13-16(14-31)24(33)27-19(5-3-2-4-6-20(32)18-11-12-34-30-18)23-28-21(22(25)29-23)15-7-9-17(26)10-8-15;5-1(3(7)8)2(6)4(9)10/h7-12,16,19H,2-6,13-14H2,1H3,(H,27,33)(H,28,29);1-2,5-6H,(H,7,8)(H,9,10)/t19-;/m0./s1. The van der Waals surface area contributed by atoms with Crippen LogP contribution in [0, 0.1) is 11.7 Å². The lowest BCUT2D eigenvalue weighted by molar-refractivity contribution is -0.165. The van der Waals surface area contributed by atoms with E-state index >= 15 is 0 Å². The van der Waals surface area contributed by atoms with E-state index < -0.39 is 24.1 Å². The van der Waals surface area contributed by atoms with Gasteiger partial charge in [0.1, 0.15) is 23.6 Å². The van der Waals surface area contributed by atoms with Crippen molar-refractivity contribution in [3.05, 3.63) is 59.1 Å². The van der Waals surface area contributed by atoms with E-state index in [0.717, 1.165) is 25.9 Å². The number of aliphatic carboxylic acids is 2. The van der Waals surface area contributed by atoms with Gasteiger partial charge in [0.05, 0.1) is 17.7 Å². The van der Waals surface area contributed by atoms with Crippen molar-refractivity contribution >= 4 is 35.2 Å². The molecule has 0 radical (unpaired) electrons. The minimum Gasteiger partial charge on any atom is -0.479 e. The molecular formula is C28H33ClFN5O9. The number of ketones is 1. The highest BCUT2D eigenvalue weighted by molar-refractivity contribution is 6.31. The summed E-state index contributed by atoms with van der Waals surface area (Å²) in [5.74, 6) is -3.42. The molecular weight excluding hydrogens is 605 g/mol. The Hall–Kier alpha value is -4.18. The van der Waals surface area contributed by atoms with E-state index in [9.17, 15) is 23.6 Å². The van der Waals surface area contributed by atoms with Crippen molar-refractivity contribution in [3.8, 4) is 11.3 Å². The summed E-state index contributed by atoms with van der Waals surface area (Å²) in [6.45, 7) is 1.45. The van der Waals surface area contributed by atoms with Gasteiger partial charge in [-0.1, -0.05) is 29.6 Å². The predicted octanol–water partition coefficient (Wildman–Crippen LogP) is 2.29. The average Bonchev–Trinajstić information content (AvgIpc) is 3.65. The number of aromatic nitrogens is 3. The van der Waals surface area contributed by atoms with Gasteiger partial charge >= 0.3 is 11.9 Å². The van der Waals surface area contributed by atoms with Gasteiger partial charge in [0, 0.05) is 31.1 Å². The van der Waals surface area contributed by atoms with Crippen LogP contribution in [-0.2, 0) is 14.4 Å². The van der Waals surface area contributed by atoms with Crippen LogP contribution in [0.4, 0.5) is 4.39 Å². The van der Waals surface area contributed by atoms with Crippen molar-refractivity contribution < 1.29 is 48.5 Å². The molecule has 44 heavy (non-hydrogen) atoms. The monoisotopic (exact) mass is 637 g/mol. The maximum Gasteiger partial charge on any atom is 0.335 e. The summed E-state index contributed by atoms with van der Waals surface area (Å²) in [6, 6.07) is 7.18. The van der Waals surface area contributed by atoms with Gasteiger partial charge < -0.3 is 40.1 Å². The minimum absolute atomic E-state index is 0.0137. The number of H-pyrrole nitrogens is 1. The first-order valence-electron chi connectivity index (χ1n) is 13.6. The zero-order valence-electron chi connectivity index (χ0n) is 23.7. The van der Waals surface area contributed by atoms with Crippen LogP contribution in [0.1, 0.15) is 54.5 Å². The molecule has 1 saturated heterocycles. The Morgan fingerprint density at radius 2 is 1.70 bits per heavy atom. The lowest BCUT2D eigenvalue weighted by Gasteiger charge is -2.35. The fourth-order valence-corrected chi connectivity index (χ4v) is 4.59. The molecule has 1 aliphatic rings. The Labute approximate surface area is 255 Å². The van der Waals surface area contributed by atoms with E-state index in [2.05, 4.69) is 25.3 Å². The van der Waals surface area contributed by atoms with Crippen molar-refractivity contribution in [2.45, 2.75) is 50.4 Å². The predicted molar refractivity (Wildman–Crippen MR) is 152 cm³/mol. The van der Waals surface area contributed by atoms with Crippen molar-refractivity contribution in [2.24, 2.45) is 5.92 Å².